The molecule has 1 heterocycles. The summed E-state index contributed by atoms with van der Waals surface area (Å²) in [5, 5.41) is 5.10. The third-order valence-corrected chi connectivity index (χ3v) is 4.38. The summed E-state index contributed by atoms with van der Waals surface area (Å²) in [6, 6.07) is 15.9. The smallest absolute Gasteiger partial charge is 0.337 e. The Labute approximate surface area is 173 Å². The van der Waals surface area contributed by atoms with Crippen LogP contribution in [0.15, 0.2) is 67.0 Å². The number of hydrogen-bond donors (Lipinski definition) is 2. The lowest BCUT2D eigenvalue weighted by molar-refractivity contribution is -0.136. The third-order valence-electron chi connectivity index (χ3n) is 4.38. The second-order valence-electron chi connectivity index (χ2n) is 6.44. The highest BCUT2D eigenvalue weighted by molar-refractivity contribution is 6.39. The third kappa shape index (κ3) is 5.32. The van der Waals surface area contributed by atoms with Crippen molar-refractivity contribution in [3.8, 4) is 11.4 Å². The van der Waals surface area contributed by atoms with Gasteiger partial charge in [0.05, 0.1) is 12.7 Å². The average molecular weight is 406 g/mol. The number of nitrogens with zero attached hydrogens (tertiary/aromatic N) is 2. The summed E-state index contributed by atoms with van der Waals surface area (Å²) in [5.41, 5.74) is 1.78. The minimum Gasteiger partial charge on any atom is -0.465 e. The van der Waals surface area contributed by atoms with E-state index in [-0.39, 0.29) is 0 Å². The molecule has 0 atom stereocenters. The predicted octanol–water partition coefficient (Wildman–Crippen LogP) is 2.48. The van der Waals surface area contributed by atoms with Crippen molar-refractivity contribution in [2.75, 3.05) is 19.0 Å². The lowest BCUT2D eigenvalue weighted by Gasteiger charge is -2.09. The highest BCUT2D eigenvalue weighted by atomic mass is 16.5. The zero-order chi connectivity index (χ0) is 21.3. The number of hydrogen-bond acceptors (Lipinski definition) is 5. The highest BCUT2D eigenvalue weighted by Gasteiger charge is 2.14. The molecule has 3 rings (SSSR count). The average Bonchev–Trinajstić information content (AvgIpc) is 3.25. The minimum absolute atomic E-state index is 0.347. The zero-order valence-corrected chi connectivity index (χ0v) is 16.5. The Bertz CT molecular complexity index is 1010. The predicted molar refractivity (Wildman–Crippen MR) is 112 cm³/mol. The van der Waals surface area contributed by atoms with Gasteiger partial charge in [0.1, 0.15) is 5.82 Å². The first-order valence-electron chi connectivity index (χ1n) is 9.42. The van der Waals surface area contributed by atoms with Crippen molar-refractivity contribution in [1.82, 2.24) is 14.9 Å². The van der Waals surface area contributed by atoms with Crippen LogP contribution in [0.5, 0.6) is 0 Å². The van der Waals surface area contributed by atoms with Gasteiger partial charge in [-0.25, -0.2) is 9.78 Å². The molecule has 2 amide bonds. The number of amides is 2. The molecular formula is C22H22N4O4. The number of aromatic nitrogens is 2. The van der Waals surface area contributed by atoms with Gasteiger partial charge >= 0.3 is 17.8 Å². The number of methoxy groups -OCH3 is 1. The lowest BCUT2D eigenvalue weighted by atomic mass is 10.2. The topological polar surface area (TPSA) is 102 Å². The summed E-state index contributed by atoms with van der Waals surface area (Å²) in [5.74, 6) is -1.11. The van der Waals surface area contributed by atoms with E-state index >= 15 is 0 Å². The van der Waals surface area contributed by atoms with Crippen LogP contribution in [0.3, 0.4) is 0 Å². The second kappa shape index (κ2) is 10.0. The van der Waals surface area contributed by atoms with E-state index in [1.165, 1.54) is 31.4 Å². The molecule has 0 aliphatic heterocycles. The Kier molecular flexibility index (Phi) is 6.94. The molecule has 0 unspecified atom stereocenters. The number of esters is 1. The number of carbonyl (C=O) groups is 3. The van der Waals surface area contributed by atoms with Crippen LogP contribution < -0.4 is 10.6 Å². The first-order valence-corrected chi connectivity index (χ1v) is 9.42. The van der Waals surface area contributed by atoms with Crippen molar-refractivity contribution in [3.05, 3.63) is 72.6 Å². The SMILES string of the molecule is COC(=O)c1ccc(NC(=O)C(=O)NCCCn2ccnc2-c2ccccc2)cc1. The lowest BCUT2D eigenvalue weighted by Crippen LogP contribution is -2.36. The highest BCUT2D eigenvalue weighted by Crippen LogP contribution is 2.16. The van der Waals surface area contributed by atoms with E-state index in [4.69, 9.17) is 0 Å². The minimum atomic E-state index is -0.770. The van der Waals surface area contributed by atoms with Crippen LogP contribution in [0.2, 0.25) is 0 Å². The molecule has 1 aromatic heterocycles. The number of ether oxygens (including phenoxy) is 1. The molecule has 0 aliphatic rings. The maximum atomic E-state index is 12.0. The number of carbonyl (C=O) groups excluding carboxylic acids is 3. The van der Waals surface area contributed by atoms with Gasteiger partial charge in [-0.3, -0.25) is 9.59 Å². The number of aryl methyl sites for hydroxylation is 1. The number of imidazole rings is 1. The molecule has 0 saturated carbocycles. The Morgan fingerprint density at radius 3 is 2.43 bits per heavy atom. The van der Waals surface area contributed by atoms with E-state index in [0.717, 1.165) is 11.4 Å². The van der Waals surface area contributed by atoms with Crippen molar-refractivity contribution in [2.45, 2.75) is 13.0 Å². The van der Waals surface area contributed by atoms with E-state index in [0.29, 0.717) is 30.8 Å². The fourth-order valence-corrected chi connectivity index (χ4v) is 2.86. The first kappa shape index (κ1) is 20.8. The molecule has 0 aliphatic carbocycles. The second-order valence-corrected chi connectivity index (χ2v) is 6.44. The molecule has 0 radical (unpaired) electrons. The summed E-state index contributed by atoms with van der Waals surface area (Å²) in [6.45, 7) is 1.00. The van der Waals surface area contributed by atoms with Gasteiger partial charge < -0.3 is 19.9 Å². The molecule has 8 nitrogen and oxygen atoms in total. The van der Waals surface area contributed by atoms with Crippen molar-refractivity contribution < 1.29 is 19.1 Å². The summed E-state index contributed by atoms with van der Waals surface area (Å²) in [4.78, 5) is 39.8. The Morgan fingerprint density at radius 2 is 1.73 bits per heavy atom. The molecule has 0 saturated heterocycles. The number of rotatable bonds is 7. The maximum Gasteiger partial charge on any atom is 0.337 e. The molecule has 2 N–H and O–H groups in total. The number of anilines is 1. The van der Waals surface area contributed by atoms with Gasteiger partial charge in [0.15, 0.2) is 0 Å². The van der Waals surface area contributed by atoms with Crippen molar-refractivity contribution in [3.63, 3.8) is 0 Å². The standard InChI is InChI=1S/C22H22N4O4/c1-30-22(29)17-8-10-18(11-9-17)25-21(28)20(27)24-12-5-14-26-15-13-23-19(26)16-6-3-2-4-7-16/h2-4,6-11,13,15H,5,12,14H2,1H3,(H,24,27)(H,25,28). The van der Waals surface area contributed by atoms with Crippen LogP contribution in [-0.4, -0.2) is 41.0 Å². The van der Waals surface area contributed by atoms with Crippen molar-refractivity contribution >= 4 is 23.5 Å². The normalized spacial score (nSPS) is 10.3. The van der Waals surface area contributed by atoms with E-state index in [1.54, 1.807) is 6.20 Å². The van der Waals surface area contributed by atoms with Crippen LogP contribution in [0.25, 0.3) is 11.4 Å². The molecule has 0 bridgehead atoms. The molecule has 154 valence electrons. The summed E-state index contributed by atoms with van der Waals surface area (Å²) in [7, 11) is 1.29. The van der Waals surface area contributed by atoms with Gasteiger partial charge in [0, 0.05) is 36.7 Å². The fourth-order valence-electron chi connectivity index (χ4n) is 2.86. The monoisotopic (exact) mass is 406 g/mol. The summed E-state index contributed by atoms with van der Waals surface area (Å²) >= 11 is 0. The van der Waals surface area contributed by atoms with Gasteiger partial charge in [-0.05, 0) is 30.7 Å². The molecule has 0 spiro atoms. The van der Waals surface area contributed by atoms with Crippen LogP contribution in [0, 0.1) is 0 Å². The number of nitrogens with one attached hydrogen (secondary N) is 2. The molecular weight excluding hydrogens is 384 g/mol. The zero-order valence-electron chi connectivity index (χ0n) is 16.5. The first-order chi connectivity index (χ1) is 14.6. The summed E-state index contributed by atoms with van der Waals surface area (Å²) < 4.78 is 6.62. The molecule has 2 aromatic carbocycles. The van der Waals surface area contributed by atoms with Gasteiger partial charge in [-0.2, -0.15) is 0 Å². The largest absolute Gasteiger partial charge is 0.465 e. The summed E-state index contributed by atoms with van der Waals surface area (Å²) in [6.07, 6.45) is 4.26. The fraction of sp³-hybridized carbons (Fsp3) is 0.182. The Hall–Kier alpha value is -3.94. The van der Waals surface area contributed by atoms with Crippen molar-refractivity contribution in [2.24, 2.45) is 0 Å². The van der Waals surface area contributed by atoms with Gasteiger partial charge in [-0.15, -0.1) is 0 Å². The van der Waals surface area contributed by atoms with E-state index in [9.17, 15) is 14.4 Å². The molecule has 3 aromatic rings. The van der Waals surface area contributed by atoms with Crippen LogP contribution in [-0.2, 0) is 20.9 Å². The van der Waals surface area contributed by atoms with E-state index in [1.807, 2.05) is 41.1 Å². The Morgan fingerprint density at radius 1 is 1.00 bits per heavy atom. The Balaban J connectivity index is 1.44. The van der Waals surface area contributed by atoms with Gasteiger partial charge in [0.25, 0.3) is 0 Å². The van der Waals surface area contributed by atoms with E-state index in [2.05, 4.69) is 20.4 Å². The van der Waals surface area contributed by atoms with Crippen LogP contribution in [0.1, 0.15) is 16.8 Å². The van der Waals surface area contributed by atoms with Gasteiger partial charge in [0.2, 0.25) is 0 Å². The van der Waals surface area contributed by atoms with Gasteiger partial charge in [-0.1, -0.05) is 30.3 Å². The van der Waals surface area contributed by atoms with E-state index < -0.39 is 17.8 Å². The van der Waals surface area contributed by atoms with Crippen molar-refractivity contribution in [1.29, 1.82) is 0 Å². The quantitative estimate of drug-likeness (QED) is 0.357. The number of benzene rings is 2. The van der Waals surface area contributed by atoms with Crippen LogP contribution >= 0.6 is 0 Å². The molecule has 8 heteroatoms. The van der Waals surface area contributed by atoms with Crippen LogP contribution in [0.4, 0.5) is 5.69 Å². The molecule has 0 fully saturated rings. The molecule has 30 heavy (non-hydrogen) atoms. The maximum absolute atomic E-state index is 12.0.